The molecule has 0 rings (SSSR count). The first kappa shape index (κ1) is 73.8. The summed E-state index contributed by atoms with van der Waals surface area (Å²) >= 11 is 0. The summed E-state index contributed by atoms with van der Waals surface area (Å²) in [5.41, 5.74) is 0. The second-order valence-electron chi connectivity index (χ2n) is 22.4. The molecule has 0 aromatic rings. The largest absolute Gasteiger partial charge is 0.462 e. The molecule has 77 heavy (non-hydrogen) atoms. The van der Waals surface area contributed by atoms with Gasteiger partial charge in [0.1, 0.15) is 13.2 Å². The molecule has 0 aliphatic carbocycles. The number of hydrogen-bond acceptors (Lipinski definition) is 6. The molecule has 0 heterocycles. The summed E-state index contributed by atoms with van der Waals surface area (Å²) in [6, 6.07) is 0. The fourth-order valence-electron chi connectivity index (χ4n) is 9.70. The molecule has 6 nitrogen and oxygen atoms in total. The van der Waals surface area contributed by atoms with E-state index in [0.717, 1.165) is 109 Å². The van der Waals surface area contributed by atoms with E-state index in [1.165, 1.54) is 193 Å². The number of carbonyl (C=O) groups excluding carboxylic acids is 3. The SMILES string of the molecule is CC/C=C\C/C=C\C/C=C\CCCCCC(=O)OCC(COC(=O)CCCCCCCCCCCCCCCCCCCCCCCCCCCCC)OC(=O)CCCCCCCC/C=C\C/C=C\C/C=C\CCCCC. The van der Waals surface area contributed by atoms with E-state index in [1.807, 2.05) is 0 Å². The van der Waals surface area contributed by atoms with Crippen molar-refractivity contribution in [3.8, 4) is 0 Å². The number of carbonyl (C=O) groups is 3. The van der Waals surface area contributed by atoms with Crippen molar-refractivity contribution in [2.45, 2.75) is 348 Å². The number of ether oxygens (including phenoxy) is 3. The van der Waals surface area contributed by atoms with Gasteiger partial charge < -0.3 is 14.2 Å². The van der Waals surface area contributed by atoms with Crippen LogP contribution in [0.5, 0.6) is 0 Å². The van der Waals surface area contributed by atoms with Crippen LogP contribution in [0.3, 0.4) is 0 Å². The zero-order valence-electron chi connectivity index (χ0n) is 51.2. The average Bonchev–Trinajstić information content (AvgIpc) is 3.43. The van der Waals surface area contributed by atoms with E-state index in [1.54, 1.807) is 0 Å². The van der Waals surface area contributed by atoms with Gasteiger partial charge in [-0.3, -0.25) is 14.4 Å². The van der Waals surface area contributed by atoms with Gasteiger partial charge in [-0.25, -0.2) is 0 Å². The van der Waals surface area contributed by atoms with Gasteiger partial charge in [-0.05, 0) is 89.9 Å². The monoisotopic (exact) mass is 1070 g/mol. The van der Waals surface area contributed by atoms with E-state index in [0.29, 0.717) is 19.3 Å². The third-order valence-electron chi connectivity index (χ3n) is 14.7. The molecule has 0 saturated carbocycles. The predicted molar refractivity (Wildman–Crippen MR) is 335 cm³/mol. The summed E-state index contributed by atoms with van der Waals surface area (Å²) in [5.74, 6) is -0.915. The molecule has 0 aromatic carbocycles. The van der Waals surface area contributed by atoms with Crippen LogP contribution in [0.4, 0.5) is 0 Å². The second kappa shape index (κ2) is 65.4. The van der Waals surface area contributed by atoms with E-state index in [4.69, 9.17) is 14.2 Å². The summed E-state index contributed by atoms with van der Waals surface area (Å²) in [5, 5.41) is 0. The van der Waals surface area contributed by atoms with Crippen LogP contribution in [0.15, 0.2) is 72.9 Å². The minimum atomic E-state index is -0.795. The van der Waals surface area contributed by atoms with E-state index in [2.05, 4.69) is 93.7 Å². The van der Waals surface area contributed by atoms with Crippen LogP contribution in [0, 0.1) is 0 Å². The third-order valence-corrected chi connectivity index (χ3v) is 14.7. The fraction of sp³-hybridized carbons (Fsp3) is 0.789. The van der Waals surface area contributed by atoms with Crippen LogP contribution >= 0.6 is 0 Å². The molecule has 0 fully saturated rings. The summed E-state index contributed by atoms with van der Waals surface area (Å²) in [4.78, 5) is 38.3. The van der Waals surface area contributed by atoms with Crippen LogP contribution in [0.1, 0.15) is 342 Å². The molecule has 0 aliphatic heterocycles. The molecule has 0 bridgehead atoms. The predicted octanol–water partition coefficient (Wildman–Crippen LogP) is 22.9. The van der Waals surface area contributed by atoms with E-state index in [-0.39, 0.29) is 31.1 Å². The lowest BCUT2D eigenvalue weighted by atomic mass is 10.0. The van der Waals surface area contributed by atoms with Gasteiger partial charge in [0.05, 0.1) is 0 Å². The Balaban J connectivity index is 4.26. The van der Waals surface area contributed by atoms with Gasteiger partial charge in [-0.15, -0.1) is 0 Å². The maximum absolute atomic E-state index is 12.9. The molecule has 0 amide bonds. The lowest BCUT2D eigenvalue weighted by Crippen LogP contribution is -2.30. The summed E-state index contributed by atoms with van der Waals surface area (Å²) in [6.45, 7) is 6.51. The van der Waals surface area contributed by atoms with E-state index < -0.39 is 6.10 Å². The molecule has 0 spiro atoms. The molecule has 6 heteroatoms. The van der Waals surface area contributed by atoms with Crippen LogP contribution in [-0.4, -0.2) is 37.2 Å². The lowest BCUT2D eigenvalue weighted by Gasteiger charge is -2.18. The number of allylic oxidation sites excluding steroid dienone is 12. The van der Waals surface area contributed by atoms with E-state index in [9.17, 15) is 14.4 Å². The van der Waals surface area contributed by atoms with Crippen LogP contribution in [0.2, 0.25) is 0 Å². The first-order valence-electron chi connectivity index (χ1n) is 33.4. The molecule has 0 saturated heterocycles. The van der Waals surface area contributed by atoms with Crippen LogP contribution in [0.25, 0.3) is 0 Å². The smallest absolute Gasteiger partial charge is 0.306 e. The Morgan fingerprint density at radius 3 is 0.831 bits per heavy atom. The Bertz CT molecular complexity index is 1420. The van der Waals surface area contributed by atoms with Crippen molar-refractivity contribution < 1.29 is 28.6 Å². The van der Waals surface area contributed by atoms with Crippen molar-refractivity contribution in [2.75, 3.05) is 13.2 Å². The molecule has 0 aromatic heterocycles. The first-order chi connectivity index (χ1) is 38.0. The third kappa shape index (κ3) is 63.6. The molecule has 0 aliphatic rings. The lowest BCUT2D eigenvalue weighted by molar-refractivity contribution is -0.167. The van der Waals surface area contributed by atoms with Crippen molar-refractivity contribution in [1.82, 2.24) is 0 Å². The fourth-order valence-corrected chi connectivity index (χ4v) is 9.70. The maximum atomic E-state index is 12.9. The van der Waals surface area contributed by atoms with E-state index >= 15 is 0 Å². The molecule has 1 atom stereocenters. The number of unbranched alkanes of at least 4 members (excludes halogenated alkanes) is 38. The van der Waals surface area contributed by atoms with Gasteiger partial charge in [0.25, 0.3) is 0 Å². The molecule has 0 N–H and O–H groups in total. The van der Waals surface area contributed by atoms with Crippen LogP contribution in [-0.2, 0) is 28.6 Å². The average molecular weight is 1080 g/mol. The molecular weight excluding hydrogens is 949 g/mol. The van der Waals surface area contributed by atoms with Crippen molar-refractivity contribution in [3.63, 3.8) is 0 Å². The van der Waals surface area contributed by atoms with Gasteiger partial charge >= 0.3 is 17.9 Å². The van der Waals surface area contributed by atoms with Gasteiger partial charge in [0, 0.05) is 19.3 Å². The topological polar surface area (TPSA) is 78.9 Å². The second-order valence-corrected chi connectivity index (χ2v) is 22.4. The summed E-state index contributed by atoms with van der Waals surface area (Å²) < 4.78 is 16.9. The first-order valence-corrected chi connectivity index (χ1v) is 33.4. The highest BCUT2D eigenvalue weighted by atomic mass is 16.6. The van der Waals surface area contributed by atoms with Crippen molar-refractivity contribution >= 4 is 17.9 Å². The highest BCUT2D eigenvalue weighted by molar-refractivity contribution is 5.71. The Hall–Kier alpha value is -3.15. The normalized spacial score (nSPS) is 12.5. The highest BCUT2D eigenvalue weighted by Gasteiger charge is 2.19. The Morgan fingerprint density at radius 1 is 0.273 bits per heavy atom. The standard InChI is InChI=1S/C71H126O6/c1-4-7-10-13-16-19-22-25-27-29-31-32-33-34-35-36-37-38-40-41-43-46-49-52-55-58-61-64-70(73)76-67-68(66-75-69(72)63-60-57-54-51-48-45-24-21-18-15-12-9-6-3)77-71(74)65-62-59-56-53-50-47-44-42-39-30-28-26-23-20-17-14-11-8-5-2/h9,12,17-18,20-21,26,28,39,42,45,48,68H,4-8,10-11,13-16,19,22-25,27,29-38,40-41,43-44,46-47,49-67H2,1-3H3/b12-9-,20-17-,21-18-,28-26-,42-39-,48-45-. The Kier molecular flexibility index (Phi) is 62.7. The molecule has 0 radical (unpaired) electrons. The van der Waals surface area contributed by atoms with Crippen molar-refractivity contribution in [1.29, 1.82) is 0 Å². The summed E-state index contributed by atoms with van der Waals surface area (Å²) in [7, 11) is 0. The van der Waals surface area contributed by atoms with Crippen LogP contribution < -0.4 is 0 Å². The summed E-state index contributed by atoms with van der Waals surface area (Å²) in [6.07, 6.45) is 85.0. The maximum Gasteiger partial charge on any atom is 0.306 e. The van der Waals surface area contributed by atoms with Crippen molar-refractivity contribution in [3.05, 3.63) is 72.9 Å². The van der Waals surface area contributed by atoms with Gasteiger partial charge in [0.15, 0.2) is 6.10 Å². The molecule has 446 valence electrons. The zero-order valence-corrected chi connectivity index (χ0v) is 51.2. The van der Waals surface area contributed by atoms with Gasteiger partial charge in [-0.2, -0.15) is 0 Å². The Labute approximate surface area is 478 Å². The molecule has 1 unspecified atom stereocenters. The zero-order chi connectivity index (χ0) is 55.7. The Morgan fingerprint density at radius 2 is 0.506 bits per heavy atom. The highest BCUT2D eigenvalue weighted by Crippen LogP contribution is 2.18. The van der Waals surface area contributed by atoms with Crippen molar-refractivity contribution in [2.24, 2.45) is 0 Å². The number of esters is 3. The minimum absolute atomic E-state index is 0.0877. The quantitative estimate of drug-likeness (QED) is 0.0261. The van der Waals surface area contributed by atoms with Gasteiger partial charge in [0.2, 0.25) is 0 Å². The minimum Gasteiger partial charge on any atom is -0.462 e. The van der Waals surface area contributed by atoms with Gasteiger partial charge in [-0.1, -0.05) is 306 Å². The number of hydrogen-bond donors (Lipinski definition) is 0. The number of rotatable bonds is 61. The molecular formula is C71H126O6.